The minimum atomic E-state index is -0.845. The number of hydrogen-bond acceptors (Lipinski definition) is 3. The van der Waals surface area contributed by atoms with Crippen LogP contribution in [0.4, 0.5) is 0 Å². The molecular formula is C14H20BrNO2S. The third-order valence-electron chi connectivity index (χ3n) is 2.70. The van der Waals surface area contributed by atoms with Gasteiger partial charge in [0.2, 0.25) is 5.91 Å². The van der Waals surface area contributed by atoms with E-state index in [0.29, 0.717) is 25.1 Å². The van der Waals surface area contributed by atoms with Crippen LogP contribution in [0.5, 0.6) is 0 Å². The van der Waals surface area contributed by atoms with Crippen molar-refractivity contribution in [2.24, 2.45) is 0 Å². The normalized spacial score (nSPS) is 13.9. The molecule has 106 valence electrons. The van der Waals surface area contributed by atoms with Crippen LogP contribution in [0.1, 0.15) is 18.9 Å². The van der Waals surface area contributed by atoms with Crippen LogP contribution in [-0.2, 0) is 11.2 Å². The average Bonchev–Trinajstić information content (AvgIpc) is 2.35. The van der Waals surface area contributed by atoms with Crippen LogP contribution in [-0.4, -0.2) is 35.2 Å². The van der Waals surface area contributed by atoms with E-state index in [0.717, 1.165) is 10.0 Å². The van der Waals surface area contributed by atoms with Crippen molar-refractivity contribution in [3.05, 3.63) is 34.3 Å². The molecule has 1 aromatic carbocycles. The molecule has 0 aliphatic heterocycles. The quantitative estimate of drug-likeness (QED) is 0.798. The highest BCUT2D eigenvalue weighted by Gasteiger charge is 2.20. The minimum absolute atomic E-state index is 0.0304. The first-order valence-electron chi connectivity index (χ1n) is 6.16. The van der Waals surface area contributed by atoms with Crippen molar-refractivity contribution in [3.63, 3.8) is 0 Å². The van der Waals surface area contributed by atoms with Gasteiger partial charge in [-0.3, -0.25) is 4.79 Å². The lowest BCUT2D eigenvalue weighted by atomic mass is 10.1. The van der Waals surface area contributed by atoms with Gasteiger partial charge in [-0.15, -0.1) is 0 Å². The van der Waals surface area contributed by atoms with Crippen LogP contribution in [0.3, 0.4) is 0 Å². The molecule has 0 aliphatic rings. The second-order valence-electron chi connectivity index (χ2n) is 4.80. The van der Waals surface area contributed by atoms with Crippen LogP contribution < -0.4 is 5.32 Å². The van der Waals surface area contributed by atoms with Gasteiger partial charge >= 0.3 is 0 Å². The summed E-state index contributed by atoms with van der Waals surface area (Å²) in [6.07, 6.45) is 3.05. The van der Waals surface area contributed by atoms with Crippen LogP contribution in [0, 0.1) is 0 Å². The maximum atomic E-state index is 11.7. The van der Waals surface area contributed by atoms with Crippen molar-refractivity contribution in [1.82, 2.24) is 5.32 Å². The van der Waals surface area contributed by atoms with Gasteiger partial charge in [-0.05, 0) is 31.2 Å². The zero-order valence-corrected chi connectivity index (χ0v) is 13.7. The summed E-state index contributed by atoms with van der Waals surface area (Å²) in [5.74, 6) is 0.578. The monoisotopic (exact) mass is 345 g/mol. The molecule has 0 heterocycles. The third-order valence-corrected chi connectivity index (χ3v) is 4.39. The number of halogens is 1. The lowest BCUT2D eigenvalue weighted by molar-refractivity contribution is -0.122. The number of aryl methyl sites for hydroxylation is 1. The molecule has 5 heteroatoms. The van der Waals surface area contributed by atoms with Gasteiger partial charge in [0.05, 0.1) is 5.60 Å². The fourth-order valence-corrected chi connectivity index (χ4v) is 2.90. The van der Waals surface area contributed by atoms with Gasteiger partial charge in [0.1, 0.15) is 0 Å². The smallest absolute Gasteiger partial charge is 0.220 e. The Morgan fingerprint density at radius 1 is 1.47 bits per heavy atom. The van der Waals surface area contributed by atoms with Gasteiger partial charge in [-0.25, -0.2) is 0 Å². The van der Waals surface area contributed by atoms with E-state index in [9.17, 15) is 9.90 Å². The number of carbonyl (C=O) groups is 1. The van der Waals surface area contributed by atoms with Crippen molar-refractivity contribution in [2.75, 3.05) is 18.6 Å². The van der Waals surface area contributed by atoms with E-state index >= 15 is 0 Å². The summed E-state index contributed by atoms with van der Waals surface area (Å²) in [6.45, 7) is 2.03. The van der Waals surface area contributed by atoms with Crippen LogP contribution in [0.15, 0.2) is 28.7 Å². The zero-order valence-electron chi connectivity index (χ0n) is 11.3. The topological polar surface area (TPSA) is 49.3 Å². The molecular weight excluding hydrogens is 326 g/mol. The molecule has 0 spiro atoms. The number of rotatable bonds is 7. The van der Waals surface area contributed by atoms with Gasteiger partial charge in [0, 0.05) is 23.2 Å². The van der Waals surface area contributed by atoms with Crippen molar-refractivity contribution >= 4 is 33.6 Å². The molecule has 0 saturated heterocycles. The Morgan fingerprint density at radius 3 is 2.79 bits per heavy atom. The van der Waals surface area contributed by atoms with Gasteiger partial charge in [-0.1, -0.05) is 34.1 Å². The van der Waals surface area contributed by atoms with Crippen molar-refractivity contribution in [1.29, 1.82) is 0 Å². The van der Waals surface area contributed by atoms with Crippen LogP contribution >= 0.6 is 27.7 Å². The molecule has 1 amide bonds. The number of nitrogens with one attached hydrogen (secondary N) is 1. The Bertz CT molecular complexity index is 424. The Kier molecular flexibility index (Phi) is 6.89. The fraction of sp³-hybridized carbons (Fsp3) is 0.500. The van der Waals surface area contributed by atoms with Gasteiger partial charge in [0.25, 0.3) is 0 Å². The van der Waals surface area contributed by atoms with E-state index < -0.39 is 5.60 Å². The molecule has 19 heavy (non-hydrogen) atoms. The predicted octanol–water partition coefficient (Wildman–Crippen LogP) is 2.61. The van der Waals surface area contributed by atoms with Crippen molar-refractivity contribution in [2.45, 2.75) is 25.4 Å². The minimum Gasteiger partial charge on any atom is -0.387 e. The molecule has 2 N–H and O–H groups in total. The first kappa shape index (κ1) is 16.5. The maximum absolute atomic E-state index is 11.7. The number of carbonyl (C=O) groups excluding carboxylic acids is 1. The zero-order chi connectivity index (χ0) is 14.3. The van der Waals surface area contributed by atoms with Gasteiger partial charge < -0.3 is 10.4 Å². The number of hydrogen-bond donors (Lipinski definition) is 2. The number of benzene rings is 1. The lowest BCUT2D eigenvalue weighted by Crippen LogP contribution is -2.42. The molecule has 1 atom stereocenters. The van der Waals surface area contributed by atoms with Crippen molar-refractivity contribution < 1.29 is 9.90 Å². The number of aliphatic hydroxyl groups is 1. The summed E-state index contributed by atoms with van der Waals surface area (Å²) in [5, 5.41) is 12.7. The maximum Gasteiger partial charge on any atom is 0.220 e. The Balaban J connectivity index is 2.35. The summed E-state index contributed by atoms with van der Waals surface area (Å²) in [5.41, 5.74) is 0.274. The lowest BCUT2D eigenvalue weighted by Gasteiger charge is -2.22. The Morgan fingerprint density at radius 2 is 2.16 bits per heavy atom. The summed E-state index contributed by atoms with van der Waals surface area (Å²) >= 11 is 5.03. The molecule has 0 saturated carbocycles. The molecule has 0 aliphatic carbocycles. The van der Waals surface area contributed by atoms with Crippen molar-refractivity contribution in [3.8, 4) is 0 Å². The first-order chi connectivity index (χ1) is 8.94. The second-order valence-corrected chi connectivity index (χ2v) is 6.52. The molecule has 0 unspecified atom stereocenters. The van der Waals surface area contributed by atoms with E-state index in [1.165, 1.54) is 0 Å². The molecule has 0 aromatic heterocycles. The van der Waals surface area contributed by atoms with Gasteiger partial charge in [-0.2, -0.15) is 11.8 Å². The van der Waals surface area contributed by atoms with Gasteiger partial charge in [0.15, 0.2) is 0 Å². The van der Waals surface area contributed by atoms with E-state index in [4.69, 9.17) is 0 Å². The van der Waals surface area contributed by atoms with Crippen LogP contribution in [0.2, 0.25) is 0 Å². The van der Waals surface area contributed by atoms with E-state index in [1.807, 2.05) is 30.5 Å². The molecule has 3 nitrogen and oxygen atoms in total. The largest absolute Gasteiger partial charge is 0.387 e. The highest BCUT2D eigenvalue weighted by molar-refractivity contribution is 9.10. The second kappa shape index (κ2) is 7.92. The number of amides is 1. The van der Waals surface area contributed by atoms with E-state index in [-0.39, 0.29) is 5.91 Å². The van der Waals surface area contributed by atoms with Crippen LogP contribution in [0.25, 0.3) is 0 Å². The Labute approximate surface area is 127 Å². The molecule has 0 bridgehead atoms. The molecule has 1 aromatic rings. The highest BCUT2D eigenvalue weighted by Crippen LogP contribution is 2.17. The Hall–Kier alpha value is -0.520. The molecule has 0 radical (unpaired) electrons. The number of thioether (sulfide) groups is 1. The van der Waals surface area contributed by atoms with E-state index in [2.05, 4.69) is 21.2 Å². The van der Waals surface area contributed by atoms with E-state index in [1.54, 1.807) is 18.7 Å². The third kappa shape index (κ3) is 6.45. The summed E-state index contributed by atoms with van der Waals surface area (Å²) in [6, 6.07) is 7.88. The fourth-order valence-electron chi connectivity index (χ4n) is 1.69. The summed E-state index contributed by atoms with van der Waals surface area (Å²) in [7, 11) is 0. The predicted molar refractivity (Wildman–Crippen MR) is 84.5 cm³/mol. The molecule has 1 rings (SSSR count). The standard InChI is InChI=1S/C14H20BrNO2S/c1-14(18,10-19-2)9-16-13(17)8-7-11-5-3-4-6-12(11)15/h3-6,18H,7-10H2,1-2H3,(H,16,17)/t14-/m1/s1. The highest BCUT2D eigenvalue weighted by atomic mass is 79.9. The molecule has 0 fully saturated rings. The average molecular weight is 346 g/mol. The SMILES string of the molecule is CSC[C@](C)(O)CNC(=O)CCc1ccccc1Br. The summed E-state index contributed by atoms with van der Waals surface area (Å²) in [4.78, 5) is 11.7. The summed E-state index contributed by atoms with van der Waals surface area (Å²) < 4.78 is 1.03. The first-order valence-corrected chi connectivity index (χ1v) is 8.35.